The summed E-state index contributed by atoms with van der Waals surface area (Å²) in [7, 11) is 0. The number of hydrogen-bond donors (Lipinski definition) is 2. The molecule has 9 nitrogen and oxygen atoms in total. The molecular formula is C18H18BrN3O6. The quantitative estimate of drug-likeness (QED) is 0.358. The molecule has 0 aliphatic heterocycles. The van der Waals surface area contributed by atoms with Crippen molar-refractivity contribution >= 4 is 33.7 Å². The lowest BCUT2D eigenvalue weighted by atomic mass is 10.1. The van der Waals surface area contributed by atoms with E-state index in [1.807, 2.05) is 13.8 Å². The van der Waals surface area contributed by atoms with Crippen LogP contribution in [0.25, 0.3) is 0 Å². The van der Waals surface area contributed by atoms with Gasteiger partial charge in [0.1, 0.15) is 5.75 Å². The van der Waals surface area contributed by atoms with E-state index in [4.69, 9.17) is 9.47 Å². The van der Waals surface area contributed by atoms with E-state index < -0.39 is 10.8 Å². The van der Waals surface area contributed by atoms with Gasteiger partial charge in [0.25, 0.3) is 11.6 Å². The summed E-state index contributed by atoms with van der Waals surface area (Å²) in [6.45, 7) is 4.61. The lowest BCUT2D eigenvalue weighted by molar-refractivity contribution is -0.384. The van der Waals surface area contributed by atoms with Crippen LogP contribution in [-0.2, 0) is 0 Å². The number of hydrogen-bond acceptors (Lipinski definition) is 7. The van der Waals surface area contributed by atoms with Crippen LogP contribution < -0.4 is 14.9 Å². The van der Waals surface area contributed by atoms with Gasteiger partial charge in [-0.1, -0.05) is 0 Å². The van der Waals surface area contributed by atoms with Crippen molar-refractivity contribution in [2.75, 3.05) is 13.2 Å². The number of amides is 1. The molecule has 0 aliphatic carbocycles. The molecule has 0 unspecified atom stereocenters. The summed E-state index contributed by atoms with van der Waals surface area (Å²) in [5, 5.41) is 24.4. The average Bonchev–Trinajstić information content (AvgIpc) is 2.64. The minimum absolute atomic E-state index is 0.255. The molecule has 2 aromatic rings. The number of nitro groups is 1. The number of carbonyl (C=O) groups excluding carboxylic acids is 1. The summed E-state index contributed by atoms with van der Waals surface area (Å²) in [4.78, 5) is 22.3. The highest BCUT2D eigenvalue weighted by atomic mass is 79.9. The van der Waals surface area contributed by atoms with E-state index >= 15 is 0 Å². The van der Waals surface area contributed by atoms with E-state index in [1.165, 1.54) is 6.21 Å². The number of nitrogens with one attached hydrogen (secondary N) is 1. The molecule has 10 heteroatoms. The number of phenols is 1. The number of ether oxygens (including phenoxy) is 2. The number of nitro benzene ring substituents is 1. The summed E-state index contributed by atoms with van der Waals surface area (Å²) >= 11 is 3.41. The molecule has 0 spiro atoms. The molecule has 0 aromatic heterocycles. The van der Waals surface area contributed by atoms with Crippen molar-refractivity contribution in [1.29, 1.82) is 0 Å². The van der Waals surface area contributed by atoms with E-state index in [-0.39, 0.29) is 17.0 Å². The molecule has 0 heterocycles. The number of non-ortho nitro benzene ring substituents is 1. The third-order valence-electron chi connectivity index (χ3n) is 3.44. The molecule has 2 N–H and O–H groups in total. The highest BCUT2D eigenvalue weighted by molar-refractivity contribution is 9.10. The fourth-order valence-corrected chi connectivity index (χ4v) is 2.83. The van der Waals surface area contributed by atoms with Crippen LogP contribution in [0.3, 0.4) is 0 Å². The monoisotopic (exact) mass is 451 g/mol. The topological polar surface area (TPSA) is 123 Å². The van der Waals surface area contributed by atoms with E-state index in [0.29, 0.717) is 34.7 Å². The van der Waals surface area contributed by atoms with Gasteiger partial charge in [-0.3, -0.25) is 14.9 Å². The molecule has 0 bridgehead atoms. The van der Waals surface area contributed by atoms with E-state index in [1.54, 1.807) is 12.1 Å². The molecule has 1 amide bonds. The first-order valence-electron chi connectivity index (χ1n) is 8.27. The minimum atomic E-state index is -0.785. The van der Waals surface area contributed by atoms with Gasteiger partial charge in [-0.2, -0.15) is 5.10 Å². The standard InChI is InChI=1S/C18H18BrN3O6/c1-3-27-16-8-11(7-14(19)17(16)28-4-2)10-20-21-18(24)13-9-12(22(25)26)5-6-15(13)23/h5-10,23H,3-4H2,1-2H3,(H,21,24)/b20-10-. The van der Waals surface area contributed by atoms with E-state index in [2.05, 4.69) is 26.5 Å². The number of rotatable bonds is 8. The fraction of sp³-hybridized carbons (Fsp3) is 0.222. The molecule has 0 fully saturated rings. The number of halogens is 1. The molecule has 148 valence electrons. The summed E-state index contributed by atoms with van der Waals surface area (Å²) in [5.74, 6) is -0.0943. The lowest BCUT2D eigenvalue weighted by Gasteiger charge is -2.13. The van der Waals surface area contributed by atoms with Crippen LogP contribution in [0.2, 0.25) is 0 Å². The molecule has 2 rings (SSSR count). The molecular weight excluding hydrogens is 434 g/mol. The third-order valence-corrected chi connectivity index (χ3v) is 4.02. The maximum Gasteiger partial charge on any atom is 0.275 e. The molecule has 0 atom stereocenters. The first kappa shape index (κ1) is 21.2. The maximum atomic E-state index is 12.1. The second-order valence-electron chi connectivity index (χ2n) is 5.35. The fourth-order valence-electron chi connectivity index (χ4n) is 2.25. The Balaban J connectivity index is 2.19. The van der Waals surface area contributed by atoms with Crippen molar-refractivity contribution in [3.8, 4) is 17.2 Å². The van der Waals surface area contributed by atoms with E-state index in [0.717, 1.165) is 18.2 Å². The van der Waals surface area contributed by atoms with Crippen molar-refractivity contribution in [2.45, 2.75) is 13.8 Å². The van der Waals surface area contributed by atoms with Gasteiger partial charge in [0.05, 0.1) is 34.4 Å². The Bertz CT molecular complexity index is 916. The predicted octanol–water partition coefficient (Wildman–Crippen LogP) is 3.62. The molecule has 0 radical (unpaired) electrons. The summed E-state index contributed by atoms with van der Waals surface area (Å²) in [6, 6.07) is 6.57. The highest BCUT2D eigenvalue weighted by Gasteiger charge is 2.16. The number of aromatic hydroxyl groups is 1. The van der Waals surface area contributed by atoms with E-state index in [9.17, 15) is 20.0 Å². The largest absolute Gasteiger partial charge is 0.507 e. The molecule has 2 aromatic carbocycles. The second kappa shape index (κ2) is 9.70. The van der Waals surface area contributed by atoms with Gasteiger partial charge < -0.3 is 14.6 Å². The van der Waals surface area contributed by atoms with Crippen molar-refractivity contribution in [3.63, 3.8) is 0 Å². The van der Waals surface area contributed by atoms with Gasteiger partial charge >= 0.3 is 0 Å². The van der Waals surface area contributed by atoms with Crippen molar-refractivity contribution in [1.82, 2.24) is 5.43 Å². The Morgan fingerprint density at radius 3 is 2.64 bits per heavy atom. The summed E-state index contributed by atoms with van der Waals surface area (Å²) in [5.41, 5.74) is 2.27. The lowest BCUT2D eigenvalue weighted by Crippen LogP contribution is -2.18. The Kier molecular flexibility index (Phi) is 7.33. The second-order valence-corrected chi connectivity index (χ2v) is 6.21. The first-order valence-corrected chi connectivity index (χ1v) is 9.06. The zero-order valence-electron chi connectivity index (χ0n) is 15.1. The number of nitrogens with zero attached hydrogens (tertiary/aromatic N) is 2. The third kappa shape index (κ3) is 5.19. The Hall–Kier alpha value is -3.14. The van der Waals surface area contributed by atoms with Gasteiger partial charge in [-0.05, 0) is 53.5 Å². The maximum absolute atomic E-state index is 12.1. The van der Waals surface area contributed by atoms with Crippen molar-refractivity contribution in [3.05, 3.63) is 56.0 Å². The van der Waals surface area contributed by atoms with Crippen molar-refractivity contribution < 1.29 is 24.3 Å². The Morgan fingerprint density at radius 1 is 1.29 bits per heavy atom. The molecule has 0 saturated heterocycles. The van der Waals surface area contributed by atoms with Crippen molar-refractivity contribution in [2.24, 2.45) is 5.10 Å². The molecule has 28 heavy (non-hydrogen) atoms. The van der Waals surface area contributed by atoms with Crippen LogP contribution in [0.1, 0.15) is 29.8 Å². The van der Waals surface area contributed by atoms with Crippen LogP contribution in [0.4, 0.5) is 5.69 Å². The van der Waals surface area contributed by atoms with Gasteiger partial charge in [-0.25, -0.2) is 5.43 Å². The van der Waals surface area contributed by atoms with Crippen LogP contribution in [-0.4, -0.2) is 35.4 Å². The SMILES string of the molecule is CCOc1cc(/C=N\NC(=O)c2cc([N+](=O)[O-])ccc2O)cc(Br)c1OCC. The zero-order chi connectivity index (χ0) is 20.7. The number of phenolic OH excluding ortho intramolecular Hbond substituents is 1. The minimum Gasteiger partial charge on any atom is -0.507 e. The van der Waals surface area contributed by atoms with Gasteiger partial charge in [-0.15, -0.1) is 0 Å². The predicted molar refractivity (Wildman–Crippen MR) is 106 cm³/mol. The molecule has 0 saturated carbocycles. The smallest absolute Gasteiger partial charge is 0.275 e. The number of carbonyl (C=O) groups is 1. The highest BCUT2D eigenvalue weighted by Crippen LogP contribution is 2.36. The van der Waals surface area contributed by atoms with Crippen LogP contribution in [0.15, 0.2) is 39.9 Å². The molecule has 0 aliphatic rings. The van der Waals surface area contributed by atoms with Crippen LogP contribution in [0, 0.1) is 10.1 Å². The van der Waals surface area contributed by atoms with Crippen LogP contribution >= 0.6 is 15.9 Å². The summed E-state index contributed by atoms with van der Waals surface area (Å²) < 4.78 is 11.8. The van der Waals surface area contributed by atoms with Gasteiger partial charge in [0.2, 0.25) is 0 Å². The first-order chi connectivity index (χ1) is 13.4. The number of benzene rings is 2. The Morgan fingerprint density at radius 2 is 2.00 bits per heavy atom. The number of hydrazone groups is 1. The van der Waals surface area contributed by atoms with Gasteiger partial charge in [0.15, 0.2) is 11.5 Å². The zero-order valence-corrected chi connectivity index (χ0v) is 16.7. The van der Waals surface area contributed by atoms with Gasteiger partial charge in [0, 0.05) is 12.1 Å². The normalized spacial score (nSPS) is 10.7. The summed E-state index contributed by atoms with van der Waals surface area (Å²) in [6.07, 6.45) is 1.37. The Labute approximate surface area is 169 Å². The van der Waals surface area contributed by atoms with Crippen LogP contribution in [0.5, 0.6) is 17.2 Å². The average molecular weight is 452 g/mol.